The topological polar surface area (TPSA) is 101 Å². The summed E-state index contributed by atoms with van der Waals surface area (Å²) < 4.78 is 0. The maximum atomic E-state index is 10.8. The van der Waals surface area contributed by atoms with Crippen molar-refractivity contribution < 1.29 is 4.92 Å². The number of hydrogen-bond donors (Lipinski definition) is 2. The number of hydrogen-bond acceptors (Lipinski definition) is 5. The third-order valence-electron chi connectivity index (χ3n) is 4.21. The summed E-state index contributed by atoms with van der Waals surface area (Å²) in [6, 6.07) is 5.32. The van der Waals surface area contributed by atoms with E-state index in [9.17, 15) is 10.1 Å². The summed E-state index contributed by atoms with van der Waals surface area (Å²) in [4.78, 5) is 20.5. The van der Waals surface area contributed by atoms with E-state index < -0.39 is 4.92 Å². The molecule has 2 heterocycles. The number of fused-ring (bicyclic) bond motifs is 1. The Labute approximate surface area is 122 Å². The standard InChI is InChI=1S/C14H19N5O2/c1-9-3-2-4-11(8-15)18(9)14-16-12-6-5-10(19(20)21)7-13(12)17-14/h5-7,9,11H,2-4,8,15H2,1H3,(H,16,17). The molecule has 2 unspecified atom stereocenters. The van der Waals surface area contributed by atoms with Crippen LogP contribution in [0.25, 0.3) is 11.0 Å². The Bertz CT molecular complexity index is 668. The molecule has 1 saturated heterocycles. The van der Waals surface area contributed by atoms with Gasteiger partial charge in [0.2, 0.25) is 5.95 Å². The number of piperidine rings is 1. The second kappa shape index (κ2) is 5.33. The van der Waals surface area contributed by atoms with E-state index in [4.69, 9.17) is 5.73 Å². The normalized spacial score (nSPS) is 22.7. The van der Waals surface area contributed by atoms with Crippen LogP contribution >= 0.6 is 0 Å². The van der Waals surface area contributed by atoms with E-state index in [-0.39, 0.29) is 11.7 Å². The minimum Gasteiger partial charge on any atom is -0.335 e. The highest BCUT2D eigenvalue weighted by Crippen LogP contribution is 2.29. The molecule has 7 nitrogen and oxygen atoms in total. The molecule has 2 atom stereocenters. The molecule has 3 rings (SSSR count). The highest BCUT2D eigenvalue weighted by Gasteiger charge is 2.29. The molecule has 112 valence electrons. The van der Waals surface area contributed by atoms with E-state index in [0.29, 0.717) is 18.1 Å². The molecule has 1 aliphatic heterocycles. The van der Waals surface area contributed by atoms with Crippen LogP contribution in [0, 0.1) is 10.1 Å². The number of aromatic nitrogens is 2. The summed E-state index contributed by atoms with van der Waals surface area (Å²) in [5.41, 5.74) is 7.38. The molecular formula is C14H19N5O2. The van der Waals surface area contributed by atoms with Crippen molar-refractivity contribution in [3.63, 3.8) is 0 Å². The van der Waals surface area contributed by atoms with Crippen LogP contribution < -0.4 is 10.6 Å². The maximum absolute atomic E-state index is 10.8. The summed E-state index contributed by atoms with van der Waals surface area (Å²) in [6.45, 7) is 2.75. The molecule has 0 radical (unpaired) electrons. The summed E-state index contributed by atoms with van der Waals surface area (Å²) in [5.74, 6) is 0.758. The fraction of sp³-hybridized carbons (Fsp3) is 0.500. The number of nitrogens with two attached hydrogens (primary N) is 1. The van der Waals surface area contributed by atoms with E-state index in [2.05, 4.69) is 21.8 Å². The average molecular weight is 289 g/mol. The van der Waals surface area contributed by atoms with Crippen LogP contribution in [0.1, 0.15) is 26.2 Å². The first-order valence-electron chi connectivity index (χ1n) is 7.22. The van der Waals surface area contributed by atoms with Gasteiger partial charge in [0.25, 0.3) is 5.69 Å². The molecule has 1 aromatic carbocycles. The van der Waals surface area contributed by atoms with Crippen molar-refractivity contribution in [3.8, 4) is 0 Å². The van der Waals surface area contributed by atoms with E-state index >= 15 is 0 Å². The lowest BCUT2D eigenvalue weighted by molar-refractivity contribution is -0.384. The van der Waals surface area contributed by atoms with Crippen LogP contribution in [-0.4, -0.2) is 33.5 Å². The van der Waals surface area contributed by atoms with Gasteiger partial charge >= 0.3 is 0 Å². The smallest absolute Gasteiger partial charge is 0.271 e. The van der Waals surface area contributed by atoms with Crippen molar-refractivity contribution in [2.75, 3.05) is 11.4 Å². The van der Waals surface area contributed by atoms with Gasteiger partial charge in [-0.3, -0.25) is 10.1 Å². The van der Waals surface area contributed by atoms with Gasteiger partial charge in [-0.25, -0.2) is 4.98 Å². The number of aromatic amines is 1. The predicted octanol–water partition coefficient (Wildman–Crippen LogP) is 2.18. The lowest BCUT2D eigenvalue weighted by Crippen LogP contribution is -2.49. The highest BCUT2D eigenvalue weighted by molar-refractivity contribution is 5.80. The van der Waals surface area contributed by atoms with Crippen molar-refractivity contribution in [1.82, 2.24) is 9.97 Å². The fourth-order valence-corrected chi connectivity index (χ4v) is 3.12. The Hall–Kier alpha value is -2.15. The van der Waals surface area contributed by atoms with Gasteiger partial charge < -0.3 is 15.6 Å². The van der Waals surface area contributed by atoms with Crippen LogP contribution in [0.3, 0.4) is 0 Å². The van der Waals surface area contributed by atoms with Gasteiger partial charge in [-0.15, -0.1) is 0 Å². The molecule has 0 spiro atoms. The Morgan fingerprint density at radius 3 is 3.05 bits per heavy atom. The summed E-state index contributed by atoms with van der Waals surface area (Å²) in [5, 5.41) is 10.8. The number of rotatable bonds is 3. The van der Waals surface area contributed by atoms with Crippen LogP contribution in [0.4, 0.5) is 11.6 Å². The summed E-state index contributed by atoms with van der Waals surface area (Å²) >= 11 is 0. The third kappa shape index (κ3) is 2.44. The first-order chi connectivity index (χ1) is 10.1. The lowest BCUT2D eigenvalue weighted by Gasteiger charge is -2.40. The summed E-state index contributed by atoms with van der Waals surface area (Å²) in [6.07, 6.45) is 3.33. The second-order valence-electron chi connectivity index (χ2n) is 5.60. The van der Waals surface area contributed by atoms with Crippen LogP contribution in [0.2, 0.25) is 0 Å². The number of nitro benzene ring substituents is 1. The van der Waals surface area contributed by atoms with Gasteiger partial charge in [-0.1, -0.05) is 0 Å². The number of benzene rings is 1. The van der Waals surface area contributed by atoms with Crippen LogP contribution in [0.5, 0.6) is 0 Å². The molecular weight excluding hydrogens is 270 g/mol. The molecule has 1 aliphatic rings. The maximum Gasteiger partial charge on any atom is 0.271 e. The monoisotopic (exact) mass is 289 g/mol. The van der Waals surface area contributed by atoms with E-state index in [0.717, 1.165) is 24.3 Å². The zero-order valence-corrected chi connectivity index (χ0v) is 12.0. The van der Waals surface area contributed by atoms with Crippen molar-refractivity contribution >= 4 is 22.7 Å². The number of nitro groups is 1. The Morgan fingerprint density at radius 1 is 1.52 bits per heavy atom. The fourth-order valence-electron chi connectivity index (χ4n) is 3.12. The molecule has 1 aromatic heterocycles. The number of nitrogens with one attached hydrogen (secondary N) is 1. The average Bonchev–Trinajstić information content (AvgIpc) is 2.88. The van der Waals surface area contributed by atoms with Crippen LogP contribution in [-0.2, 0) is 0 Å². The molecule has 0 aliphatic carbocycles. The Morgan fingerprint density at radius 2 is 2.33 bits per heavy atom. The van der Waals surface area contributed by atoms with Crippen LogP contribution in [0.15, 0.2) is 18.2 Å². The molecule has 0 saturated carbocycles. The van der Waals surface area contributed by atoms with Crippen molar-refractivity contribution in [2.24, 2.45) is 5.73 Å². The zero-order valence-electron chi connectivity index (χ0n) is 12.0. The summed E-state index contributed by atoms with van der Waals surface area (Å²) in [7, 11) is 0. The number of H-pyrrole nitrogens is 1. The Balaban J connectivity index is 2.01. The lowest BCUT2D eigenvalue weighted by atomic mass is 9.97. The predicted molar refractivity (Wildman–Crippen MR) is 81.4 cm³/mol. The molecule has 3 N–H and O–H groups in total. The first-order valence-corrected chi connectivity index (χ1v) is 7.22. The van der Waals surface area contributed by atoms with Gasteiger partial charge in [0.05, 0.1) is 16.0 Å². The van der Waals surface area contributed by atoms with Gasteiger partial charge in [-0.2, -0.15) is 0 Å². The second-order valence-corrected chi connectivity index (χ2v) is 5.60. The van der Waals surface area contributed by atoms with E-state index in [1.54, 1.807) is 6.07 Å². The van der Waals surface area contributed by atoms with Gasteiger partial charge in [-0.05, 0) is 32.3 Å². The minimum atomic E-state index is -0.397. The molecule has 7 heteroatoms. The number of non-ortho nitro benzene ring substituents is 1. The number of imidazole rings is 1. The highest BCUT2D eigenvalue weighted by atomic mass is 16.6. The quantitative estimate of drug-likeness (QED) is 0.666. The molecule has 2 aromatic rings. The molecule has 0 amide bonds. The van der Waals surface area contributed by atoms with Crippen molar-refractivity contribution in [3.05, 3.63) is 28.3 Å². The zero-order chi connectivity index (χ0) is 15.0. The molecule has 1 fully saturated rings. The minimum absolute atomic E-state index is 0.0692. The van der Waals surface area contributed by atoms with Gasteiger partial charge in [0.1, 0.15) is 0 Å². The number of nitrogens with zero attached hydrogens (tertiary/aromatic N) is 3. The Kier molecular flexibility index (Phi) is 3.50. The number of anilines is 1. The largest absolute Gasteiger partial charge is 0.335 e. The van der Waals surface area contributed by atoms with E-state index in [1.807, 2.05) is 0 Å². The molecule has 21 heavy (non-hydrogen) atoms. The third-order valence-corrected chi connectivity index (χ3v) is 4.21. The van der Waals surface area contributed by atoms with E-state index in [1.165, 1.54) is 18.6 Å². The molecule has 0 bridgehead atoms. The van der Waals surface area contributed by atoms with Crippen molar-refractivity contribution in [1.29, 1.82) is 0 Å². The van der Waals surface area contributed by atoms with Gasteiger partial charge in [0, 0.05) is 30.8 Å². The van der Waals surface area contributed by atoms with Crippen molar-refractivity contribution in [2.45, 2.75) is 38.3 Å². The van der Waals surface area contributed by atoms with Gasteiger partial charge in [0.15, 0.2) is 0 Å². The SMILES string of the molecule is CC1CCCC(CN)N1c1nc2ccc([N+](=O)[O-])cc2[nH]1. The first kappa shape index (κ1) is 13.8.